The van der Waals surface area contributed by atoms with E-state index in [2.05, 4.69) is 15.2 Å². The van der Waals surface area contributed by atoms with Crippen LogP contribution in [0.15, 0.2) is 88.1 Å². The van der Waals surface area contributed by atoms with Crippen LogP contribution < -0.4 is 5.56 Å². The van der Waals surface area contributed by atoms with Crippen molar-refractivity contribution in [2.75, 3.05) is 0 Å². The highest BCUT2D eigenvalue weighted by atomic mass is 19.1. The summed E-state index contributed by atoms with van der Waals surface area (Å²) >= 11 is 0. The lowest BCUT2D eigenvalue weighted by molar-refractivity contribution is 0.533. The maximum absolute atomic E-state index is 13.3. The van der Waals surface area contributed by atoms with Crippen molar-refractivity contribution in [3.8, 4) is 28.9 Å². The number of benzene rings is 3. The number of hydrogen-bond acceptors (Lipinski definition) is 5. The van der Waals surface area contributed by atoms with E-state index in [0.717, 1.165) is 5.56 Å². The molecular weight excluding hydrogens is 371 g/mol. The second kappa shape index (κ2) is 6.79. The predicted molar refractivity (Wildman–Crippen MR) is 106 cm³/mol. The normalized spacial score (nSPS) is 11.1. The van der Waals surface area contributed by atoms with Gasteiger partial charge in [-0.1, -0.05) is 47.6 Å². The van der Waals surface area contributed by atoms with Gasteiger partial charge in [-0.3, -0.25) is 4.79 Å². The molecule has 0 atom stereocenters. The van der Waals surface area contributed by atoms with Gasteiger partial charge in [0.15, 0.2) is 5.82 Å². The molecule has 0 aliphatic carbocycles. The maximum atomic E-state index is 13.3. The van der Waals surface area contributed by atoms with E-state index < -0.39 is 0 Å². The number of para-hydroxylation sites is 1. The van der Waals surface area contributed by atoms with Gasteiger partial charge in [0.1, 0.15) is 5.82 Å². The third-order valence-electron chi connectivity index (χ3n) is 4.50. The first-order valence-corrected chi connectivity index (χ1v) is 8.88. The van der Waals surface area contributed by atoms with Gasteiger partial charge in [-0.25, -0.2) is 13.9 Å². The smallest absolute Gasteiger partial charge is 0.331 e. The molecule has 3 aromatic carbocycles. The highest BCUT2D eigenvalue weighted by Crippen LogP contribution is 2.24. The molecule has 0 radical (unpaired) electrons. The van der Waals surface area contributed by atoms with Crippen LogP contribution in [0.5, 0.6) is 0 Å². The first-order chi connectivity index (χ1) is 14.2. The van der Waals surface area contributed by atoms with Gasteiger partial charge in [0.05, 0.1) is 10.9 Å². The monoisotopic (exact) mass is 384 g/mol. The predicted octanol–water partition coefficient (Wildman–Crippen LogP) is 4.24. The second-order valence-corrected chi connectivity index (χ2v) is 6.36. The maximum Gasteiger partial charge on any atom is 0.331 e. The lowest BCUT2D eigenvalue weighted by Crippen LogP contribution is -2.22. The minimum atomic E-state index is -0.366. The van der Waals surface area contributed by atoms with Gasteiger partial charge in [-0.05, 0) is 36.4 Å². The molecule has 0 spiro atoms. The molecule has 0 bridgehead atoms. The van der Waals surface area contributed by atoms with Crippen LogP contribution in [0.1, 0.15) is 0 Å². The van der Waals surface area contributed by atoms with E-state index in [-0.39, 0.29) is 23.3 Å². The molecule has 0 amide bonds. The third-order valence-corrected chi connectivity index (χ3v) is 4.50. The highest BCUT2D eigenvalue weighted by molar-refractivity contribution is 5.80. The molecule has 0 saturated heterocycles. The summed E-state index contributed by atoms with van der Waals surface area (Å²) in [5, 5.41) is 8.51. The zero-order valence-electron chi connectivity index (χ0n) is 15.0. The Morgan fingerprint density at radius 2 is 1.52 bits per heavy atom. The number of aromatic nitrogens is 4. The summed E-state index contributed by atoms with van der Waals surface area (Å²) in [5.41, 5.74) is 1.54. The molecule has 29 heavy (non-hydrogen) atoms. The van der Waals surface area contributed by atoms with Gasteiger partial charge in [-0.15, -0.1) is 5.10 Å². The second-order valence-electron chi connectivity index (χ2n) is 6.36. The number of fused-ring (bicyclic) bond motifs is 1. The van der Waals surface area contributed by atoms with Gasteiger partial charge in [0.25, 0.3) is 5.56 Å². The van der Waals surface area contributed by atoms with E-state index in [1.165, 1.54) is 28.8 Å². The fourth-order valence-electron chi connectivity index (χ4n) is 3.11. The van der Waals surface area contributed by atoms with Gasteiger partial charge in [0, 0.05) is 11.1 Å². The van der Waals surface area contributed by atoms with Crippen molar-refractivity contribution in [3.63, 3.8) is 0 Å². The van der Waals surface area contributed by atoms with Crippen molar-refractivity contribution in [3.05, 3.63) is 95.0 Å². The molecule has 6 nitrogen and oxygen atoms in total. The fraction of sp³-hybridized carbons (Fsp3) is 0. The topological polar surface area (TPSA) is 73.8 Å². The quantitative estimate of drug-likeness (QED) is 0.465. The van der Waals surface area contributed by atoms with E-state index >= 15 is 0 Å². The van der Waals surface area contributed by atoms with Crippen molar-refractivity contribution in [2.45, 2.75) is 0 Å². The molecule has 2 heterocycles. The molecule has 0 aliphatic heterocycles. The lowest BCUT2D eigenvalue weighted by atomic mass is 10.2. The summed E-state index contributed by atoms with van der Waals surface area (Å²) < 4.78 is 20.3. The minimum Gasteiger partial charge on any atom is -0.403 e. The van der Waals surface area contributed by atoms with Crippen LogP contribution in [0, 0.1) is 5.82 Å². The molecule has 0 N–H and O–H groups in total. The summed E-state index contributed by atoms with van der Waals surface area (Å²) in [6, 6.07) is 22.1. The minimum absolute atomic E-state index is 0.00793. The summed E-state index contributed by atoms with van der Waals surface area (Å²) in [6.45, 7) is 0. The Labute approximate surface area is 163 Å². The number of nitrogens with zero attached hydrogens (tertiary/aromatic N) is 4. The number of hydrogen-bond donors (Lipinski definition) is 0. The molecule has 2 aromatic heterocycles. The standard InChI is InChI=1S/C22H13FN4O2/c23-16-12-10-15(11-13-16)20-25-26-22(29-20)27-19(14-6-2-1-3-7-14)24-18-9-5-4-8-17(18)21(27)28/h1-13H. The van der Waals surface area contributed by atoms with Crippen LogP contribution in [-0.2, 0) is 0 Å². The first kappa shape index (κ1) is 17.0. The average molecular weight is 384 g/mol. The molecule has 5 rings (SSSR count). The van der Waals surface area contributed by atoms with E-state index in [9.17, 15) is 9.18 Å². The van der Waals surface area contributed by atoms with E-state index in [1.54, 1.807) is 18.2 Å². The lowest BCUT2D eigenvalue weighted by Gasteiger charge is -2.10. The Balaban J connectivity index is 1.75. The van der Waals surface area contributed by atoms with E-state index in [0.29, 0.717) is 22.3 Å². The SMILES string of the molecule is O=c1c2ccccc2nc(-c2ccccc2)n1-c1nnc(-c2ccc(F)cc2)o1. The zero-order valence-corrected chi connectivity index (χ0v) is 15.0. The Bertz CT molecular complexity index is 1380. The van der Waals surface area contributed by atoms with Gasteiger partial charge in [0.2, 0.25) is 5.89 Å². The van der Waals surface area contributed by atoms with Crippen LogP contribution in [-0.4, -0.2) is 19.7 Å². The number of halogens is 1. The van der Waals surface area contributed by atoms with Crippen molar-refractivity contribution in [1.29, 1.82) is 0 Å². The molecule has 0 unspecified atom stereocenters. The van der Waals surface area contributed by atoms with Gasteiger partial charge in [-0.2, -0.15) is 0 Å². The van der Waals surface area contributed by atoms with Crippen molar-refractivity contribution in [2.24, 2.45) is 0 Å². The Hall–Kier alpha value is -4.13. The third kappa shape index (κ3) is 2.98. The van der Waals surface area contributed by atoms with Crippen molar-refractivity contribution in [1.82, 2.24) is 19.7 Å². The van der Waals surface area contributed by atoms with Crippen molar-refractivity contribution < 1.29 is 8.81 Å². The fourth-order valence-corrected chi connectivity index (χ4v) is 3.11. The van der Waals surface area contributed by atoms with E-state index in [1.807, 2.05) is 36.4 Å². The molecule has 0 saturated carbocycles. The summed E-state index contributed by atoms with van der Waals surface area (Å²) in [5.74, 6) is 0.206. The Morgan fingerprint density at radius 3 is 2.31 bits per heavy atom. The number of rotatable bonds is 3. The molecule has 0 fully saturated rings. The highest BCUT2D eigenvalue weighted by Gasteiger charge is 2.19. The van der Waals surface area contributed by atoms with Crippen LogP contribution >= 0.6 is 0 Å². The molecule has 5 aromatic rings. The van der Waals surface area contributed by atoms with Gasteiger partial charge < -0.3 is 4.42 Å². The van der Waals surface area contributed by atoms with Crippen molar-refractivity contribution >= 4 is 10.9 Å². The summed E-state index contributed by atoms with van der Waals surface area (Å²) in [7, 11) is 0. The first-order valence-electron chi connectivity index (χ1n) is 8.88. The zero-order chi connectivity index (χ0) is 19.8. The Morgan fingerprint density at radius 1 is 0.793 bits per heavy atom. The molecule has 0 aliphatic rings. The molecule has 7 heteroatoms. The van der Waals surface area contributed by atoms with Gasteiger partial charge >= 0.3 is 6.01 Å². The summed E-state index contributed by atoms with van der Waals surface area (Å²) in [4.78, 5) is 17.9. The Kier molecular flexibility index (Phi) is 3.98. The molecule has 140 valence electrons. The van der Waals surface area contributed by atoms with Crippen LogP contribution in [0.2, 0.25) is 0 Å². The summed E-state index contributed by atoms with van der Waals surface area (Å²) in [6.07, 6.45) is 0. The largest absolute Gasteiger partial charge is 0.403 e. The van der Waals surface area contributed by atoms with Crippen LogP contribution in [0.4, 0.5) is 4.39 Å². The van der Waals surface area contributed by atoms with Crippen LogP contribution in [0.25, 0.3) is 39.8 Å². The molecular formula is C22H13FN4O2. The van der Waals surface area contributed by atoms with E-state index in [4.69, 9.17) is 4.42 Å². The average Bonchev–Trinajstić information content (AvgIpc) is 3.24. The van der Waals surface area contributed by atoms with Crippen LogP contribution in [0.3, 0.4) is 0 Å².